The number of aliphatic hydroxyl groups is 1. The smallest absolute Gasteiger partial charge is 0.322 e. The third-order valence-corrected chi connectivity index (χ3v) is 5.33. The average molecular weight is 378 g/mol. The molecule has 0 spiro atoms. The number of nitrogens with zero attached hydrogens (tertiary/aromatic N) is 3. The van der Waals surface area contributed by atoms with E-state index in [2.05, 4.69) is 10.2 Å². The van der Waals surface area contributed by atoms with Crippen LogP contribution in [0.2, 0.25) is 0 Å². The van der Waals surface area contributed by atoms with Gasteiger partial charge in [0.25, 0.3) is 0 Å². The zero-order chi connectivity index (χ0) is 19.4. The van der Waals surface area contributed by atoms with E-state index < -0.39 is 5.82 Å². The van der Waals surface area contributed by atoms with Crippen molar-refractivity contribution in [3.8, 4) is 0 Å². The zero-order valence-electron chi connectivity index (χ0n) is 15.7. The highest BCUT2D eigenvalue weighted by Gasteiger charge is 2.29. The van der Waals surface area contributed by atoms with Crippen LogP contribution < -0.4 is 10.2 Å². The molecule has 8 heteroatoms. The molecule has 1 aromatic carbocycles. The van der Waals surface area contributed by atoms with E-state index in [-0.39, 0.29) is 24.6 Å². The third-order valence-electron chi connectivity index (χ3n) is 5.33. The minimum atomic E-state index is -0.422. The fourth-order valence-corrected chi connectivity index (χ4v) is 3.84. The standard InChI is InChI=1S/C19H27FN4O3/c1-14(26)22-7-3-8-23(11-10-22)18-6-5-15(20)12-17(18)21-19(27)24-9-2-4-16(24)13-25/h5-6,12,16,25H,2-4,7-11,13H2,1H3,(H,21,27). The number of amides is 3. The molecule has 2 heterocycles. The van der Waals surface area contributed by atoms with E-state index in [1.54, 1.807) is 22.8 Å². The Balaban J connectivity index is 1.77. The van der Waals surface area contributed by atoms with Crippen LogP contribution in [0.4, 0.5) is 20.6 Å². The minimum Gasteiger partial charge on any atom is -0.394 e. The number of anilines is 2. The molecule has 1 aromatic rings. The summed E-state index contributed by atoms with van der Waals surface area (Å²) in [5.41, 5.74) is 1.16. The van der Waals surface area contributed by atoms with E-state index in [0.29, 0.717) is 31.9 Å². The summed E-state index contributed by atoms with van der Waals surface area (Å²) in [5, 5.41) is 12.3. The molecule has 2 aliphatic rings. The Kier molecular flexibility index (Phi) is 6.15. The lowest BCUT2D eigenvalue weighted by molar-refractivity contribution is -0.128. The normalized spacial score (nSPS) is 20.6. The molecular weight excluding hydrogens is 351 g/mol. The van der Waals surface area contributed by atoms with E-state index >= 15 is 0 Å². The van der Waals surface area contributed by atoms with Gasteiger partial charge in [-0.25, -0.2) is 9.18 Å². The predicted molar refractivity (Wildman–Crippen MR) is 101 cm³/mol. The fraction of sp³-hybridized carbons (Fsp3) is 0.579. The summed E-state index contributed by atoms with van der Waals surface area (Å²) in [6.45, 7) is 4.71. The van der Waals surface area contributed by atoms with Gasteiger partial charge in [0.05, 0.1) is 24.0 Å². The van der Waals surface area contributed by atoms with E-state index in [1.807, 2.05) is 0 Å². The van der Waals surface area contributed by atoms with Crippen molar-refractivity contribution in [1.29, 1.82) is 0 Å². The minimum absolute atomic E-state index is 0.0496. The summed E-state index contributed by atoms with van der Waals surface area (Å²) in [5.74, 6) is -0.372. The van der Waals surface area contributed by atoms with Gasteiger partial charge in [0.1, 0.15) is 5.82 Å². The summed E-state index contributed by atoms with van der Waals surface area (Å²) in [6, 6.07) is 3.86. The maximum atomic E-state index is 13.9. The van der Waals surface area contributed by atoms with E-state index in [4.69, 9.17) is 0 Å². The maximum absolute atomic E-state index is 13.9. The monoisotopic (exact) mass is 378 g/mol. The number of hydrogen-bond donors (Lipinski definition) is 2. The molecule has 0 saturated carbocycles. The number of urea groups is 1. The highest BCUT2D eigenvalue weighted by molar-refractivity contribution is 5.93. The van der Waals surface area contributed by atoms with E-state index in [1.165, 1.54) is 12.1 Å². The lowest BCUT2D eigenvalue weighted by atomic mass is 10.2. The third kappa shape index (κ3) is 4.50. The second-order valence-corrected chi connectivity index (χ2v) is 7.11. The maximum Gasteiger partial charge on any atom is 0.322 e. The topological polar surface area (TPSA) is 76.1 Å². The highest BCUT2D eigenvalue weighted by atomic mass is 19.1. The lowest BCUT2D eigenvalue weighted by Gasteiger charge is -2.28. The summed E-state index contributed by atoms with van der Waals surface area (Å²) in [6.07, 6.45) is 2.43. The first-order valence-electron chi connectivity index (χ1n) is 9.48. The Labute approximate surface area is 158 Å². The lowest BCUT2D eigenvalue weighted by Crippen LogP contribution is -2.41. The zero-order valence-corrected chi connectivity index (χ0v) is 15.7. The molecule has 27 heavy (non-hydrogen) atoms. The molecule has 0 bridgehead atoms. The van der Waals surface area contributed by atoms with Gasteiger partial charge in [-0.2, -0.15) is 0 Å². The van der Waals surface area contributed by atoms with Crippen LogP contribution in [0.1, 0.15) is 26.2 Å². The molecule has 0 aliphatic carbocycles. The molecule has 2 fully saturated rings. The number of benzene rings is 1. The number of nitrogens with one attached hydrogen (secondary N) is 1. The second-order valence-electron chi connectivity index (χ2n) is 7.11. The van der Waals surface area contributed by atoms with Crippen molar-refractivity contribution in [1.82, 2.24) is 9.80 Å². The first-order chi connectivity index (χ1) is 13.0. The summed E-state index contributed by atoms with van der Waals surface area (Å²) >= 11 is 0. The number of halogens is 1. The number of carbonyl (C=O) groups is 2. The van der Waals surface area contributed by atoms with Crippen molar-refractivity contribution in [3.63, 3.8) is 0 Å². The van der Waals surface area contributed by atoms with Gasteiger partial charge in [0.2, 0.25) is 5.91 Å². The van der Waals surface area contributed by atoms with Gasteiger partial charge in [-0.15, -0.1) is 0 Å². The molecule has 2 aliphatic heterocycles. The molecule has 1 unspecified atom stereocenters. The van der Waals surface area contributed by atoms with Crippen molar-refractivity contribution in [2.24, 2.45) is 0 Å². The Morgan fingerprint density at radius 3 is 2.74 bits per heavy atom. The fourth-order valence-electron chi connectivity index (χ4n) is 3.84. The summed E-state index contributed by atoms with van der Waals surface area (Å²) in [4.78, 5) is 29.8. The molecule has 2 saturated heterocycles. The van der Waals surface area contributed by atoms with Crippen molar-refractivity contribution in [2.75, 3.05) is 49.5 Å². The van der Waals surface area contributed by atoms with Crippen LogP contribution in [0.5, 0.6) is 0 Å². The van der Waals surface area contributed by atoms with Gasteiger partial charge in [0, 0.05) is 39.6 Å². The largest absolute Gasteiger partial charge is 0.394 e. The number of carbonyl (C=O) groups excluding carboxylic acids is 2. The molecule has 3 amide bonds. The molecule has 7 nitrogen and oxygen atoms in total. The van der Waals surface area contributed by atoms with Crippen molar-refractivity contribution in [3.05, 3.63) is 24.0 Å². The first kappa shape index (κ1) is 19.4. The Hall–Kier alpha value is -2.35. The van der Waals surface area contributed by atoms with Crippen LogP contribution in [0.3, 0.4) is 0 Å². The average Bonchev–Trinajstić information content (AvgIpc) is 2.98. The summed E-state index contributed by atoms with van der Waals surface area (Å²) < 4.78 is 13.9. The van der Waals surface area contributed by atoms with Gasteiger partial charge in [-0.05, 0) is 37.5 Å². The van der Waals surface area contributed by atoms with Crippen LogP contribution in [-0.4, -0.2) is 72.2 Å². The Morgan fingerprint density at radius 1 is 1.19 bits per heavy atom. The molecular formula is C19H27FN4O3. The number of likely N-dealkylation sites (tertiary alicyclic amines) is 1. The molecule has 148 valence electrons. The van der Waals surface area contributed by atoms with Gasteiger partial charge < -0.3 is 25.1 Å². The van der Waals surface area contributed by atoms with Gasteiger partial charge >= 0.3 is 6.03 Å². The molecule has 3 rings (SSSR count). The number of hydrogen-bond acceptors (Lipinski definition) is 4. The second kappa shape index (κ2) is 8.56. The number of aliphatic hydroxyl groups excluding tert-OH is 1. The van der Waals surface area contributed by atoms with Crippen LogP contribution in [0.15, 0.2) is 18.2 Å². The van der Waals surface area contributed by atoms with Gasteiger partial charge in [-0.3, -0.25) is 4.79 Å². The molecule has 2 N–H and O–H groups in total. The van der Waals surface area contributed by atoms with Crippen LogP contribution >= 0.6 is 0 Å². The van der Waals surface area contributed by atoms with Gasteiger partial charge in [0.15, 0.2) is 0 Å². The highest BCUT2D eigenvalue weighted by Crippen LogP contribution is 2.29. The molecule has 1 atom stereocenters. The molecule has 0 radical (unpaired) electrons. The van der Waals surface area contributed by atoms with Crippen molar-refractivity contribution in [2.45, 2.75) is 32.2 Å². The summed E-state index contributed by atoms with van der Waals surface area (Å²) in [7, 11) is 0. The Morgan fingerprint density at radius 2 is 2.00 bits per heavy atom. The first-order valence-corrected chi connectivity index (χ1v) is 9.48. The molecule has 0 aromatic heterocycles. The SMILES string of the molecule is CC(=O)N1CCCN(c2ccc(F)cc2NC(=O)N2CCCC2CO)CC1. The Bertz CT molecular complexity index is 700. The van der Waals surface area contributed by atoms with Crippen LogP contribution in [-0.2, 0) is 4.79 Å². The van der Waals surface area contributed by atoms with E-state index in [9.17, 15) is 19.1 Å². The number of rotatable bonds is 3. The van der Waals surface area contributed by atoms with Gasteiger partial charge in [-0.1, -0.05) is 0 Å². The van der Waals surface area contributed by atoms with Crippen LogP contribution in [0.25, 0.3) is 0 Å². The van der Waals surface area contributed by atoms with Crippen molar-refractivity contribution < 1.29 is 19.1 Å². The van der Waals surface area contributed by atoms with E-state index in [0.717, 1.165) is 31.5 Å². The predicted octanol–water partition coefficient (Wildman–Crippen LogP) is 1.87. The quantitative estimate of drug-likeness (QED) is 0.842. The van der Waals surface area contributed by atoms with Crippen LogP contribution in [0, 0.1) is 5.82 Å². The van der Waals surface area contributed by atoms with Crippen molar-refractivity contribution >= 4 is 23.3 Å².